The van der Waals surface area contributed by atoms with Crippen LogP contribution in [0.4, 0.5) is 0 Å². The highest BCUT2D eigenvalue weighted by Crippen LogP contribution is 2.14. The zero-order valence-electron chi connectivity index (χ0n) is 10.7. The number of carbonyl (C=O) groups is 1. The maximum atomic E-state index is 11.6. The molecule has 1 aromatic rings. The minimum atomic E-state index is -0.421. The summed E-state index contributed by atoms with van der Waals surface area (Å²) in [6, 6.07) is 8.11. The fraction of sp³-hybridized carbons (Fsp3) is 0.500. The van der Waals surface area contributed by atoms with Gasteiger partial charge in [-0.25, -0.2) is 0 Å². The Labute approximate surface area is 103 Å². The van der Waals surface area contributed by atoms with Crippen molar-refractivity contribution in [2.75, 3.05) is 0 Å². The van der Waals surface area contributed by atoms with Gasteiger partial charge < -0.3 is 10.4 Å². The van der Waals surface area contributed by atoms with Gasteiger partial charge in [-0.2, -0.15) is 0 Å². The van der Waals surface area contributed by atoms with Crippen molar-refractivity contribution in [2.45, 2.75) is 45.8 Å². The third kappa shape index (κ3) is 5.00. The Bertz CT molecular complexity index is 374. The molecule has 2 N–H and O–H groups in total. The van der Waals surface area contributed by atoms with Gasteiger partial charge in [-0.05, 0) is 32.8 Å². The molecule has 0 heterocycles. The lowest BCUT2D eigenvalue weighted by Crippen LogP contribution is -2.27. The van der Waals surface area contributed by atoms with Gasteiger partial charge in [-0.3, -0.25) is 4.79 Å². The fourth-order valence-electron chi connectivity index (χ4n) is 1.68. The number of aliphatic hydroxyl groups excluding tert-OH is 1. The summed E-state index contributed by atoms with van der Waals surface area (Å²) in [5.41, 5.74) is 2.29. The molecule has 0 bridgehead atoms. The average Bonchev–Trinajstić information content (AvgIpc) is 2.26. The molecule has 0 spiro atoms. The third-order valence-electron chi connectivity index (χ3n) is 2.71. The van der Waals surface area contributed by atoms with Gasteiger partial charge >= 0.3 is 0 Å². The van der Waals surface area contributed by atoms with Crippen molar-refractivity contribution >= 4 is 5.91 Å². The van der Waals surface area contributed by atoms with Crippen LogP contribution in [-0.4, -0.2) is 17.1 Å². The molecule has 0 radical (unpaired) electrons. The maximum Gasteiger partial charge on any atom is 0.220 e. The topological polar surface area (TPSA) is 49.3 Å². The molecule has 3 nitrogen and oxygen atoms in total. The Balaban J connectivity index is 2.48. The number of benzene rings is 1. The van der Waals surface area contributed by atoms with Crippen LogP contribution in [0.15, 0.2) is 24.3 Å². The van der Waals surface area contributed by atoms with E-state index in [9.17, 15) is 4.79 Å². The summed E-state index contributed by atoms with van der Waals surface area (Å²) in [6.45, 7) is 5.69. The van der Waals surface area contributed by atoms with E-state index in [0.717, 1.165) is 5.56 Å². The van der Waals surface area contributed by atoms with Crippen LogP contribution in [0.1, 0.15) is 43.9 Å². The van der Waals surface area contributed by atoms with E-state index in [4.69, 9.17) is 5.11 Å². The highest BCUT2D eigenvalue weighted by molar-refractivity contribution is 5.76. The smallest absolute Gasteiger partial charge is 0.220 e. The number of amides is 1. The molecule has 0 fully saturated rings. The molecule has 0 aliphatic heterocycles. The number of nitrogens with one attached hydrogen (secondary N) is 1. The van der Waals surface area contributed by atoms with E-state index in [1.807, 2.05) is 32.0 Å². The van der Waals surface area contributed by atoms with E-state index in [-0.39, 0.29) is 11.9 Å². The molecule has 0 aliphatic carbocycles. The second kappa shape index (κ2) is 6.40. The summed E-state index contributed by atoms with van der Waals surface area (Å²) in [6.07, 6.45) is 0.454. The van der Waals surface area contributed by atoms with E-state index < -0.39 is 6.10 Å². The Kier molecular flexibility index (Phi) is 5.16. The van der Waals surface area contributed by atoms with Crippen molar-refractivity contribution < 1.29 is 9.90 Å². The molecule has 0 saturated carbocycles. The Morgan fingerprint density at radius 2 is 2.12 bits per heavy atom. The van der Waals surface area contributed by atoms with E-state index in [1.54, 1.807) is 6.92 Å². The fourth-order valence-corrected chi connectivity index (χ4v) is 1.68. The van der Waals surface area contributed by atoms with Gasteiger partial charge in [0.2, 0.25) is 5.91 Å². The van der Waals surface area contributed by atoms with Crippen molar-refractivity contribution in [3.8, 4) is 0 Å². The molecule has 3 heteroatoms. The van der Waals surface area contributed by atoms with Crippen molar-refractivity contribution in [3.63, 3.8) is 0 Å². The zero-order valence-corrected chi connectivity index (χ0v) is 10.7. The van der Waals surface area contributed by atoms with Crippen molar-refractivity contribution in [1.29, 1.82) is 0 Å². The number of hydrogen-bond acceptors (Lipinski definition) is 2. The summed E-state index contributed by atoms with van der Waals surface area (Å²) in [7, 11) is 0. The summed E-state index contributed by atoms with van der Waals surface area (Å²) in [5, 5.41) is 12.0. The number of aryl methyl sites for hydroxylation is 1. The highest BCUT2D eigenvalue weighted by Gasteiger charge is 2.10. The molecule has 1 unspecified atom stereocenters. The normalized spacial score (nSPS) is 14.1. The van der Waals surface area contributed by atoms with Crippen molar-refractivity contribution in [1.82, 2.24) is 5.32 Å². The third-order valence-corrected chi connectivity index (χ3v) is 2.71. The second-order valence-electron chi connectivity index (χ2n) is 4.59. The largest absolute Gasteiger partial charge is 0.393 e. The Morgan fingerprint density at radius 1 is 1.41 bits per heavy atom. The number of rotatable bonds is 5. The minimum absolute atomic E-state index is 0.0106. The van der Waals surface area contributed by atoms with Crippen LogP contribution in [0, 0.1) is 6.92 Å². The quantitative estimate of drug-likeness (QED) is 0.823. The SMILES string of the molecule is Cc1cccc([C@@H](C)NC(=O)CCC(C)O)c1. The average molecular weight is 235 g/mol. The standard InChI is InChI=1S/C14H21NO2/c1-10-5-4-6-13(9-10)12(3)15-14(17)8-7-11(2)16/h4-6,9,11-12,16H,7-8H2,1-3H3,(H,15,17)/t11?,12-/m1/s1. The Hall–Kier alpha value is -1.35. The first kappa shape index (κ1) is 13.7. The molecule has 17 heavy (non-hydrogen) atoms. The van der Waals surface area contributed by atoms with E-state index in [0.29, 0.717) is 12.8 Å². The molecular weight excluding hydrogens is 214 g/mol. The molecule has 2 atom stereocenters. The molecule has 0 aliphatic rings. The van der Waals surface area contributed by atoms with Gasteiger partial charge in [-0.1, -0.05) is 29.8 Å². The van der Waals surface area contributed by atoms with Gasteiger partial charge in [0.05, 0.1) is 12.1 Å². The lowest BCUT2D eigenvalue weighted by molar-refractivity contribution is -0.122. The summed E-state index contributed by atoms with van der Waals surface area (Å²) >= 11 is 0. The lowest BCUT2D eigenvalue weighted by Gasteiger charge is -2.15. The number of hydrogen-bond donors (Lipinski definition) is 2. The molecular formula is C14H21NO2. The lowest BCUT2D eigenvalue weighted by atomic mass is 10.1. The molecule has 1 amide bonds. The van der Waals surface area contributed by atoms with Crippen LogP contribution in [0.5, 0.6) is 0 Å². The first-order chi connectivity index (χ1) is 7.99. The van der Waals surface area contributed by atoms with Crippen LogP contribution in [-0.2, 0) is 4.79 Å². The van der Waals surface area contributed by atoms with Crippen LogP contribution < -0.4 is 5.32 Å². The molecule has 1 rings (SSSR count). The van der Waals surface area contributed by atoms with Gasteiger partial charge in [0.15, 0.2) is 0 Å². The van der Waals surface area contributed by atoms with Crippen LogP contribution in [0.2, 0.25) is 0 Å². The van der Waals surface area contributed by atoms with Gasteiger partial charge in [0.1, 0.15) is 0 Å². The summed E-state index contributed by atoms with van der Waals surface area (Å²) in [5.74, 6) is -0.0140. The van der Waals surface area contributed by atoms with Crippen molar-refractivity contribution in [3.05, 3.63) is 35.4 Å². The Morgan fingerprint density at radius 3 is 2.71 bits per heavy atom. The first-order valence-electron chi connectivity index (χ1n) is 6.03. The van der Waals surface area contributed by atoms with E-state index >= 15 is 0 Å². The minimum Gasteiger partial charge on any atom is -0.393 e. The summed E-state index contributed by atoms with van der Waals surface area (Å²) in [4.78, 5) is 11.6. The van der Waals surface area contributed by atoms with E-state index in [2.05, 4.69) is 11.4 Å². The van der Waals surface area contributed by atoms with Crippen LogP contribution >= 0.6 is 0 Å². The predicted molar refractivity (Wildman–Crippen MR) is 68.7 cm³/mol. The molecule has 0 aromatic heterocycles. The number of carbonyl (C=O) groups excluding carboxylic acids is 1. The van der Waals surface area contributed by atoms with E-state index in [1.165, 1.54) is 5.56 Å². The zero-order chi connectivity index (χ0) is 12.8. The molecule has 1 aromatic carbocycles. The van der Waals surface area contributed by atoms with Crippen LogP contribution in [0.3, 0.4) is 0 Å². The predicted octanol–water partition coefficient (Wildman–Crippen LogP) is 2.33. The van der Waals surface area contributed by atoms with Crippen LogP contribution in [0.25, 0.3) is 0 Å². The van der Waals surface area contributed by atoms with Gasteiger partial charge in [-0.15, -0.1) is 0 Å². The highest BCUT2D eigenvalue weighted by atomic mass is 16.3. The molecule has 94 valence electrons. The second-order valence-corrected chi connectivity index (χ2v) is 4.59. The summed E-state index contributed by atoms with van der Waals surface area (Å²) < 4.78 is 0. The van der Waals surface area contributed by atoms with Gasteiger partial charge in [0.25, 0.3) is 0 Å². The monoisotopic (exact) mass is 235 g/mol. The maximum absolute atomic E-state index is 11.6. The number of aliphatic hydroxyl groups is 1. The van der Waals surface area contributed by atoms with Gasteiger partial charge in [0, 0.05) is 6.42 Å². The molecule has 0 saturated heterocycles. The van der Waals surface area contributed by atoms with Crippen molar-refractivity contribution in [2.24, 2.45) is 0 Å². The first-order valence-corrected chi connectivity index (χ1v) is 6.03.